The first kappa shape index (κ1) is 17.3. The molecule has 1 aliphatic rings. The molecule has 1 aliphatic carbocycles. The predicted octanol–water partition coefficient (Wildman–Crippen LogP) is 5.20. The minimum Gasteiger partial charge on any atom is -0.487 e. The van der Waals surface area contributed by atoms with Gasteiger partial charge in [0.25, 0.3) is 0 Å². The third-order valence-electron chi connectivity index (χ3n) is 4.90. The smallest absolute Gasteiger partial charge is 0.131 e. The van der Waals surface area contributed by atoms with Crippen molar-refractivity contribution in [2.45, 2.75) is 45.4 Å². The normalized spacial score (nSPS) is 16.3. The van der Waals surface area contributed by atoms with Crippen molar-refractivity contribution in [3.05, 3.63) is 81.3 Å². The Morgan fingerprint density at radius 2 is 2.00 bits per heavy atom. The highest BCUT2D eigenvalue weighted by atomic mass is 32.1. The van der Waals surface area contributed by atoms with E-state index in [0.717, 1.165) is 23.0 Å². The summed E-state index contributed by atoms with van der Waals surface area (Å²) in [6, 6.07) is 17.7. The zero-order valence-electron chi connectivity index (χ0n) is 15.1. The van der Waals surface area contributed by atoms with Gasteiger partial charge in [-0.25, -0.2) is 4.98 Å². The lowest BCUT2D eigenvalue weighted by atomic mass is 9.87. The summed E-state index contributed by atoms with van der Waals surface area (Å²) in [6.45, 7) is 3.42. The molecule has 0 fully saturated rings. The van der Waals surface area contributed by atoms with Crippen molar-refractivity contribution in [1.29, 1.82) is 0 Å². The van der Waals surface area contributed by atoms with Crippen LogP contribution in [0.3, 0.4) is 0 Å². The molecule has 3 nitrogen and oxygen atoms in total. The van der Waals surface area contributed by atoms with Crippen LogP contribution in [0.15, 0.2) is 53.9 Å². The molecule has 0 saturated heterocycles. The van der Waals surface area contributed by atoms with Crippen molar-refractivity contribution in [2.75, 3.05) is 0 Å². The van der Waals surface area contributed by atoms with Gasteiger partial charge in [0.1, 0.15) is 12.4 Å². The van der Waals surface area contributed by atoms with Gasteiger partial charge < -0.3 is 10.1 Å². The predicted molar refractivity (Wildman–Crippen MR) is 107 cm³/mol. The third kappa shape index (κ3) is 4.14. The molecule has 134 valence electrons. The molecular formula is C22H24N2OS. The summed E-state index contributed by atoms with van der Waals surface area (Å²) >= 11 is 1.66. The Bertz CT molecular complexity index is 857. The zero-order chi connectivity index (χ0) is 17.8. The van der Waals surface area contributed by atoms with Gasteiger partial charge in [0.15, 0.2) is 0 Å². The molecule has 0 aliphatic heterocycles. The Kier molecular flexibility index (Phi) is 5.32. The lowest BCUT2D eigenvalue weighted by molar-refractivity contribution is 0.302. The number of hydrogen-bond acceptors (Lipinski definition) is 4. The van der Waals surface area contributed by atoms with Crippen LogP contribution in [0.4, 0.5) is 0 Å². The Hall–Kier alpha value is -2.17. The van der Waals surface area contributed by atoms with E-state index in [0.29, 0.717) is 12.6 Å². The van der Waals surface area contributed by atoms with E-state index < -0.39 is 0 Å². The molecule has 0 saturated carbocycles. The van der Waals surface area contributed by atoms with Crippen molar-refractivity contribution in [3.8, 4) is 5.75 Å². The molecule has 1 N–H and O–H groups in total. The molecule has 1 aromatic heterocycles. The number of thiazole rings is 1. The number of aromatic nitrogens is 1. The van der Waals surface area contributed by atoms with Crippen LogP contribution in [-0.2, 0) is 19.6 Å². The largest absolute Gasteiger partial charge is 0.487 e. The SMILES string of the molecule is Cc1nc(COc2ccc(CN[C@H]3CCCc4ccccc43)cc2)cs1. The maximum Gasteiger partial charge on any atom is 0.131 e. The van der Waals surface area contributed by atoms with Crippen molar-refractivity contribution >= 4 is 11.3 Å². The summed E-state index contributed by atoms with van der Waals surface area (Å²) in [7, 11) is 0. The summed E-state index contributed by atoms with van der Waals surface area (Å²) < 4.78 is 5.83. The summed E-state index contributed by atoms with van der Waals surface area (Å²) in [5, 5.41) is 6.85. The lowest BCUT2D eigenvalue weighted by Gasteiger charge is -2.26. The monoisotopic (exact) mass is 364 g/mol. The van der Waals surface area contributed by atoms with Gasteiger partial charge in [-0.15, -0.1) is 11.3 Å². The first-order chi connectivity index (χ1) is 12.8. The number of benzene rings is 2. The van der Waals surface area contributed by atoms with E-state index >= 15 is 0 Å². The minimum absolute atomic E-state index is 0.462. The Balaban J connectivity index is 1.32. The number of ether oxygens (including phenoxy) is 1. The van der Waals surface area contributed by atoms with E-state index in [2.05, 4.69) is 52.1 Å². The van der Waals surface area contributed by atoms with Crippen LogP contribution in [0.2, 0.25) is 0 Å². The molecule has 1 atom stereocenters. The van der Waals surface area contributed by atoms with Gasteiger partial charge in [0, 0.05) is 18.0 Å². The van der Waals surface area contributed by atoms with Crippen LogP contribution in [-0.4, -0.2) is 4.98 Å². The number of hydrogen-bond donors (Lipinski definition) is 1. The maximum atomic E-state index is 5.83. The third-order valence-corrected chi connectivity index (χ3v) is 5.72. The molecule has 4 rings (SSSR count). The molecule has 0 amide bonds. The highest BCUT2D eigenvalue weighted by Gasteiger charge is 2.18. The fourth-order valence-corrected chi connectivity index (χ4v) is 4.14. The lowest BCUT2D eigenvalue weighted by Crippen LogP contribution is -2.24. The highest BCUT2D eigenvalue weighted by molar-refractivity contribution is 7.09. The van der Waals surface area contributed by atoms with Crippen LogP contribution in [0, 0.1) is 6.92 Å². The topological polar surface area (TPSA) is 34.1 Å². The quantitative estimate of drug-likeness (QED) is 0.653. The summed E-state index contributed by atoms with van der Waals surface area (Å²) in [6.07, 6.45) is 3.68. The maximum absolute atomic E-state index is 5.83. The number of rotatable bonds is 6. The van der Waals surface area contributed by atoms with E-state index in [-0.39, 0.29) is 0 Å². The van der Waals surface area contributed by atoms with Crippen LogP contribution in [0.25, 0.3) is 0 Å². The average Bonchev–Trinajstić information content (AvgIpc) is 3.11. The number of aryl methyl sites for hydroxylation is 2. The second kappa shape index (κ2) is 8.02. The van der Waals surface area contributed by atoms with E-state index in [1.807, 2.05) is 19.1 Å². The highest BCUT2D eigenvalue weighted by Crippen LogP contribution is 2.29. The summed E-state index contributed by atoms with van der Waals surface area (Å²) in [5.74, 6) is 0.891. The Morgan fingerprint density at radius 1 is 1.15 bits per heavy atom. The molecule has 2 aromatic carbocycles. The molecular weight excluding hydrogens is 340 g/mol. The first-order valence-electron chi connectivity index (χ1n) is 9.22. The van der Waals surface area contributed by atoms with Crippen molar-refractivity contribution in [2.24, 2.45) is 0 Å². The molecule has 3 aromatic rings. The van der Waals surface area contributed by atoms with E-state index in [4.69, 9.17) is 4.74 Å². The number of nitrogens with one attached hydrogen (secondary N) is 1. The molecule has 4 heteroatoms. The Labute approximate surface area is 159 Å². The molecule has 1 heterocycles. The van der Waals surface area contributed by atoms with Crippen LogP contribution < -0.4 is 10.1 Å². The van der Waals surface area contributed by atoms with Gasteiger partial charge in [-0.05, 0) is 55.0 Å². The molecule has 0 spiro atoms. The number of nitrogens with zero attached hydrogens (tertiary/aromatic N) is 1. The van der Waals surface area contributed by atoms with Gasteiger partial charge in [-0.3, -0.25) is 0 Å². The molecule has 0 unspecified atom stereocenters. The van der Waals surface area contributed by atoms with Crippen molar-refractivity contribution in [1.82, 2.24) is 10.3 Å². The van der Waals surface area contributed by atoms with Crippen LogP contribution in [0.5, 0.6) is 5.75 Å². The van der Waals surface area contributed by atoms with E-state index in [1.54, 1.807) is 11.3 Å². The van der Waals surface area contributed by atoms with Gasteiger partial charge in [-0.2, -0.15) is 0 Å². The summed E-state index contributed by atoms with van der Waals surface area (Å²) in [5.41, 5.74) is 5.24. The Morgan fingerprint density at radius 3 is 2.81 bits per heavy atom. The molecule has 0 radical (unpaired) electrons. The fourth-order valence-electron chi connectivity index (χ4n) is 3.54. The van der Waals surface area contributed by atoms with Gasteiger partial charge in [-0.1, -0.05) is 36.4 Å². The summed E-state index contributed by atoms with van der Waals surface area (Å²) in [4.78, 5) is 4.43. The van der Waals surface area contributed by atoms with Gasteiger partial charge >= 0.3 is 0 Å². The standard InChI is InChI=1S/C22H24N2OS/c1-16-24-19(15-26-16)14-25-20-11-9-17(10-12-20)13-23-22-8-4-6-18-5-2-3-7-21(18)22/h2-3,5,7,9-12,15,22-23H,4,6,8,13-14H2,1H3/t22-/m0/s1. The van der Waals surface area contributed by atoms with Crippen molar-refractivity contribution in [3.63, 3.8) is 0 Å². The van der Waals surface area contributed by atoms with Gasteiger partial charge in [0.2, 0.25) is 0 Å². The zero-order valence-corrected chi connectivity index (χ0v) is 15.9. The first-order valence-corrected chi connectivity index (χ1v) is 10.1. The molecule has 26 heavy (non-hydrogen) atoms. The number of fused-ring (bicyclic) bond motifs is 1. The molecule has 0 bridgehead atoms. The minimum atomic E-state index is 0.462. The van der Waals surface area contributed by atoms with Crippen LogP contribution in [0.1, 0.15) is 46.3 Å². The van der Waals surface area contributed by atoms with Gasteiger partial charge in [0.05, 0.1) is 10.7 Å². The fraction of sp³-hybridized carbons (Fsp3) is 0.318. The average molecular weight is 365 g/mol. The second-order valence-electron chi connectivity index (χ2n) is 6.82. The van der Waals surface area contributed by atoms with Crippen molar-refractivity contribution < 1.29 is 4.74 Å². The second-order valence-corrected chi connectivity index (χ2v) is 7.88. The van der Waals surface area contributed by atoms with Crippen LogP contribution >= 0.6 is 11.3 Å². The van der Waals surface area contributed by atoms with E-state index in [1.165, 1.54) is 36.0 Å². The van der Waals surface area contributed by atoms with E-state index in [9.17, 15) is 0 Å².